The van der Waals surface area contributed by atoms with Crippen molar-refractivity contribution in [2.45, 2.75) is 26.3 Å². The Balaban J connectivity index is 2.47. The van der Waals surface area contributed by atoms with E-state index in [1.165, 1.54) is 22.9 Å². The Hall–Kier alpha value is -1.75. The van der Waals surface area contributed by atoms with Crippen LogP contribution in [0, 0.1) is 5.82 Å². The summed E-state index contributed by atoms with van der Waals surface area (Å²) in [6, 6.07) is 2.60. The zero-order valence-corrected chi connectivity index (χ0v) is 11.4. The lowest BCUT2D eigenvalue weighted by atomic mass is 10.2. The van der Waals surface area contributed by atoms with Crippen LogP contribution in [0.2, 0.25) is 5.15 Å². The summed E-state index contributed by atoms with van der Waals surface area (Å²) >= 11 is 5.80. The minimum Gasteiger partial charge on any atom is -0.292 e. The average Bonchev–Trinajstić information content (AvgIpc) is 2.32. The second-order valence-corrected chi connectivity index (χ2v) is 4.91. The van der Waals surface area contributed by atoms with E-state index in [9.17, 15) is 9.18 Å². The minimum absolute atomic E-state index is 0.0351. The largest absolute Gasteiger partial charge is 0.292 e. The maximum Gasteiger partial charge on any atom is 0.255 e. The van der Waals surface area contributed by atoms with E-state index in [1.807, 2.05) is 13.8 Å². The van der Waals surface area contributed by atoms with Crippen molar-refractivity contribution in [1.29, 1.82) is 0 Å². The van der Waals surface area contributed by atoms with Crippen LogP contribution in [0.25, 0.3) is 0 Å². The van der Waals surface area contributed by atoms with E-state index in [4.69, 9.17) is 11.6 Å². The third kappa shape index (κ3) is 3.17. The van der Waals surface area contributed by atoms with Crippen molar-refractivity contribution in [3.8, 4) is 0 Å². The molecular formula is C13H13ClFN3O. The Bertz CT molecular complexity index is 655. The summed E-state index contributed by atoms with van der Waals surface area (Å²) in [5, 5.41) is 0.169. The molecule has 2 aromatic rings. The van der Waals surface area contributed by atoms with Crippen molar-refractivity contribution < 1.29 is 4.39 Å². The van der Waals surface area contributed by atoms with E-state index in [2.05, 4.69) is 9.97 Å². The molecule has 0 saturated heterocycles. The molecule has 0 spiro atoms. The number of hydrogen-bond donors (Lipinski definition) is 0. The van der Waals surface area contributed by atoms with Crippen LogP contribution < -0.4 is 5.56 Å². The number of halogens is 2. The van der Waals surface area contributed by atoms with Crippen LogP contribution in [0.3, 0.4) is 0 Å². The van der Waals surface area contributed by atoms with Gasteiger partial charge in [-0.2, -0.15) is 0 Å². The molecule has 0 aliphatic heterocycles. The fraction of sp³-hybridized carbons (Fsp3) is 0.308. The van der Waals surface area contributed by atoms with E-state index in [0.29, 0.717) is 11.4 Å². The first-order chi connectivity index (χ1) is 8.97. The van der Waals surface area contributed by atoms with Crippen molar-refractivity contribution in [3.05, 3.63) is 57.2 Å². The Kier molecular flexibility index (Phi) is 3.95. The predicted molar refractivity (Wildman–Crippen MR) is 70.9 cm³/mol. The first kappa shape index (κ1) is 13.7. The fourth-order valence-corrected chi connectivity index (χ4v) is 2.00. The van der Waals surface area contributed by atoms with Crippen molar-refractivity contribution in [2.75, 3.05) is 0 Å². The summed E-state index contributed by atoms with van der Waals surface area (Å²) in [5.41, 5.74) is 0.348. The summed E-state index contributed by atoms with van der Waals surface area (Å²) in [7, 11) is 0. The Morgan fingerprint density at radius 2 is 2.11 bits per heavy atom. The van der Waals surface area contributed by atoms with Crippen LogP contribution in [-0.2, 0) is 6.54 Å². The topological polar surface area (TPSA) is 47.8 Å². The summed E-state index contributed by atoms with van der Waals surface area (Å²) in [4.78, 5) is 19.9. The maximum absolute atomic E-state index is 13.1. The second-order valence-electron chi connectivity index (χ2n) is 4.53. The lowest BCUT2D eigenvalue weighted by Gasteiger charge is -2.14. The molecule has 0 N–H and O–H groups in total. The molecule has 0 saturated carbocycles. The molecule has 2 rings (SSSR count). The van der Waals surface area contributed by atoms with E-state index < -0.39 is 5.82 Å². The molecule has 0 radical (unpaired) electrons. The van der Waals surface area contributed by atoms with Gasteiger partial charge in [0.1, 0.15) is 16.8 Å². The van der Waals surface area contributed by atoms with Crippen LogP contribution in [0.4, 0.5) is 4.39 Å². The maximum atomic E-state index is 13.1. The van der Waals surface area contributed by atoms with E-state index >= 15 is 0 Å². The van der Waals surface area contributed by atoms with Gasteiger partial charge in [0.25, 0.3) is 5.56 Å². The fourth-order valence-electron chi connectivity index (χ4n) is 1.82. The second kappa shape index (κ2) is 5.48. The Labute approximate surface area is 114 Å². The average molecular weight is 282 g/mol. The Morgan fingerprint density at radius 3 is 2.74 bits per heavy atom. The molecule has 0 amide bonds. The van der Waals surface area contributed by atoms with Crippen LogP contribution in [0.15, 0.2) is 29.3 Å². The van der Waals surface area contributed by atoms with Crippen molar-refractivity contribution in [3.63, 3.8) is 0 Å². The zero-order valence-electron chi connectivity index (χ0n) is 10.6. The lowest BCUT2D eigenvalue weighted by Crippen LogP contribution is -2.25. The highest BCUT2D eigenvalue weighted by Crippen LogP contribution is 2.14. The molecule has 2 aromatic heterocycles. The molecule has 0 aromatic carbocycles. The quantitative estimate of drug-likeness (QED) is 0.813. The molecule has 2 heterocycles. The summed E-state index contributed by atoms with van der Waals surface area (Å²) in [6.45, 7) is 4.05. The van der Waals surface area contributed by atoms with Gasteiger partial charge in [-0.1, -0.05) is 25.4 Å². The molecule has 100 valence electrons. The normalized spacial score (nSPS) is 11.0. The third-order valence-electron chi connectivity index (χ3n) is 2.63. The molecule has 0 bridgehead atoms. The number of hydrogen-bond acceptors (Lipinski definition) is 3. The van der Waals surface area contributed by atoms with Gasteiger partial charge < -0.3 is 0 Å². The molecule has 0 fully saturated rings. The van der Waals surface area contributed by atoms with E-state index in [0.717, 1.165) is 6.20 Å². The van der Waals surface area contributed by atoms with Gasteiger partial charge in [-0.3, -0.25) is 14.3 Å². The third-order valence-corrected chi connectivity index (χ3v) is 2.82. The SMILES string of the molecule is CC(C)c1nc(Cl)cc(=O)n1Cc1cncc(F)c1. The summed E-state index contributed by atoms with van der Waals surface area (Å²) in [5.74, 6) is 0.174. The molecular weight excluding hydrogens is 269 g/mol. The molecule has 6 heteroatoms. The predicted octanol–water partition coefficient (Wildman–Crippen LogP) is 2.60. The zero-order chi connectivity index (χ0) is 14.0. The first-order valence-electron chi connectivity index (χ1n) is 5.84. The van der Waals surface area contributed by atoms with E-state index in [1.54, 1.807) is 0 Å². The van der Waals surface area contributed by atoms with Crippen molar-refractivity contribution in [2.24, 2.45) is 0 Å². The monoisotopic (exact) mass is 281 g/mol. The molecule has 0 aliphatic carbocycles. The number of aromatic nitrogens is 3. The van der Waals surface area contributed by atoms with Gasteiger partial charge in [0.15, 0.2) is 0 Å². The molecule has 0 aliphatic rings. The highest BCUT2D eigenvalue weighted by atomic mass is 35.5. The molecule has 4 nitrogen and oxygen atoms in total. The van der Waals surface area contributed by atoms with Crippen LogP contribution in [0.1, 0.15) is 31.2 Å². The van der Waals surface area contributed by atoms with Gasteiger partial charge in [0.05, 0.1) is 12.7 Å². The summed E-state index contributed by atoms with van der Waals surface area (Å²) in [6.07, 6.45) is 2.64. The smallest absolute Gasteiger partial charge is 0.255 e. The van der Waals surface area contributed by atoms with Gasteiger partial charge in [0, 0.05) is 18.2 Å². The van der Waals surface area contributed by atoms with Gasteiger partial charge in [0.2, 0.25) is 0 Å². The van der Waals surface area contributed by atoms with Crippen LogP contribution in [0.5, 0.6) is 0 Å². The highest BCUT2D eigenvalue weighted by molar-refractivity contribution is 6.29. The highest BCUT2D eigenvalue weighted by Gasteiger charge is 2.12. The number of nitrogens with zero attached hydrogens (tertiary/aromatic N) is 3. The van der Waals surface area contributed by atoms with Crippen LogP contribution >= 0.6 is 11.6 Å². The van der Waals surface area contributed by atoms with Crippen LogP contribution in [-0.4, -0.2) is 14.5 Å². The van der Waals surface area contributed by atoms with Gasteiger partial charge in [-0.15, -0.1) is 0 Å². The van der Waals surface area contributed by atoms with Gasteiger partial charge in [-0.25, -0.2) is 9.37 Å². The minimum atomic E-state index is -0.432. The van der Waals surface area contributed by atoms with Crippen molar-refractivity contribution >= 4 is 11.6 Å². The molecule has 0 unspecified atom stereocenters. The Morgan fingerprint density at radius 1 is 1.37 bits per heavy atom. The number of rotatable bonds is 3. The first-order valence-corrected chi connectivity index (χ1v) is 6.22. The number of pyridine rings is 1. The van der Waals surface area contributed by atoms with Crippen molar-refractivity contribution in [1.82, 2.24) is 14.5 Å². The van der Waals surface area contributed by atoms with E-state index in [-0.39, 0.29) is 23.2 Å². The van der Waals surface area contributed by atoms with Gasteiger partial charge in [-0.05, 0) is 11.6 Å². The standard InChI is InChI=1S/C13H13ClFN3O/c1-8(2)13-17-11(14)4-12(19)18(13)7-9-3-10(15)6-16-5-9/h3-6,8H,7H2,1-2H3. The molecule has 0 atom stereocenters. The lowest BCUT2D eigenvalue weighted by molar-refractivity contribution is 0.602. The van der Waals surface area contributed by atoms with Gasteiger partial charge >= 0.3 is 0 Å². The summed E-state index contributed by atoms with van der Waals surface area (Å²) < 4.78 is 14.6. The molecule has 19 heavy (non-hydrogen) atoms.